The Hall–Kier alpha value is -1.50. The van der Waals surface area contributed by atoms with E-state index in [-0.39, 0.29) is 5.91 Å². The molecule has 0 N–H and O–H groups in total. The molecule has 2 aliphatic rings. The molecule has 3 heterocycles. The lowest BCUT2D eigenvalue weighted by atomic mass is 9.99. The van der Waals surface area contributed by atoms with Crippen molar-refractivity contribution in [1.29, 1.82) is 0 Å². The number of hydrogen-bond donors (Lipinski definition) is 0. The van der Waals surface area contributed by atoms with E-state index in [9.17, 15) is 4.79 Å². The van der Waals surface area contributed by atoms with E-state index in [0.717, 1.165) is 55.5 Å². The Morgan fingerprint density at radius 2 is 1.95 bits per heavy atom. The van der Waals surface area contributed by atoms with E-state index in [4.69, 9.17) is 0 Å². The predicted molar refractivity (Wildman–Crippen MR) is 74.9 cm³/mol. The number of amides is 1. The number of nitrogens with zero attached hydrogens (tertiary/aromatic N) is 5. The maximum absolute atomic E-state index is 12.5. The number of carbonyl (C=O) groups excluding carboxylic acids is 1. The lowest BCUT2D eigenvalue weighted by molar-refractivity contribution is 0.0695. The zero-order valence-corrected chi connectivity index (χ0v) is 12.3. The van der Waals surface area contributed by atoms with E-state index in [1.54, 1.807) is 4.52 Å². The second-order valence-corrected chi connectivity index (χ2v) is 6.86. The van der Waals surface area contributed by atoms with Crippen molar-refractivity contribution in [1.82, 2.24) is 24.7 Å². The summed E-state index contributed by atoms with van der Waals surface area (Å²) in [5, 5.41) is 13.3. The number of piperidine rings is 1. The van der Waals surface area contributed by atoms with Crippen LogP contribution in [0.2, 0.25) is 0 Å². The minimum absolute atomic E-state index is 0.0501. The van der Waals surface area contributed by atoms with Crippen LogP contribution < -0.4 is 0 Å². The fraction of sp³-hybridized carbons (Fsp3) is 0.692. The summed E-state index contributed by atoms with van der Waals surface area (Å²) in [5.41, 5.74) is 0. The molecule has 106 valence electrons. The first-order valence-corrected chi connectivity index (χ1v) is 8.05. The van der Waals surface area contributed by atoms with Gasteiger partial charge in [-0.05, 0) is 31.6 Å². The maximum Gasteiger partial charge on any atom is 0.284 e. The summed E-state index contributed by atoms with van der Waals surface area (Å²) in [5.74, 6) is 2.18. The van der Waals surface area contributed by atoms with Gasteiger partial charge in [0.15, 0.2) is 5.82 Å². The number of rotatable bonds is 2. The molecular formula is C13H17N5OS. The smallest absolute Gasteiger partial charge is 0.284 e. The summed E-state index contributed by atoms with van der Waals surface area (Å²) >= 11 is 1.35. The summed E-state index contributed by atoms with van der Waals surface area (Å²) < 4.78 is 1.77. The van der Waals surface area contributed by atoms with Crippen molar-refractivity contribution in [2.75, 3.05) is 13.1 Å². The third-order valence-electron chi connectivity index (χ3n) is 4.21. The zero-order valence-electron chi connectivity index (χ0n) is 11.4. The molecule has 0 aromatic carbocycles. The number of aromatic nitrogens is 4. The van der Waals surface area contributed by atoms with Gasteiger partial charge in [0.25, 0.3) is 5.91 Å². The lowest BCUT2D eigenvalue weighted by Gasteiger charge is -2.29. The zero-order chi connectivity index (χ0) is 13.7. The fourth-order valence-corrected chi connectivity index (χ4v) is 3.48. The Labute approximate surface area is 120 Å². The molecule has 2 aromatic rings. The second-order valence-electron chi connectivity index (χ2n) is 5.91. The molecule has 0 radical (unpaired) electrons. The highest BCUT2D eigenvalue weighted by Crippen LogP contribution is 2.39. The van der Waals surface area contributed by atoms with Crippen molar-refractivity contribution in [3.05, 3.63) is 10.8 Å². The summed E-state index contributed by atoms with van der Waals surface area (Å²) in [4.78, 5) is 15.1. The Morgan fingerprint density at radius 1 is 1.20 bits per heavy atom. The minimum Gasteiger partial charge on any atom is -0.337 e. The standard InChI is InChI=1S/C13H17N5OS/c1-8-4-6-17(7-5-8)12(19)11-16-18-10(9-2-3-9)14-15-13(18)20-11/h8-9H,2-7H2,1H3. The number of carbonyl (C=O) groups is 1. The average molecular weight is 291 g/mol. The molecule has 2 fully saturated rings. The van der Waals surface area contributed by atoms with Crippen molar-refractivity contribution < 1.29 is 4.79 Å². The molecule has 1 aliphatic carbocycles. The van der Waals surface area contributed by atoms with Gasteiger partial charge in [0.2, 0.25) is 9.97 Å². The van der Waals surface area contributed by atoms with Crippen LogP contribution in [0.3, 0.4) is 0 Å². The molecule has 0 bridgehead atoms. The number of hydrogen-bond acceptors (Lipinski definition) is 5. The molecule has 1 saturated carbocycles. The molecule has 20 heavy (non-hydrogen) atoms. The topological polar surface area (TPSA) is 63.4 Å². The van der Waals surface area contributed by atoms with Crippen molar-refractivity contribution in [2.45, 2.75) is 38.5 Å². The van der Waals surface area contributed by atoms with E-state index in [2.05, 4.69) is 22.2 Å². The van der Waals surface area contributed by atoms with Gasteiger partial charge in [-0.3, -0.25) is 4.79 Å². The normalized spacial score (nSPS) is 20.8. The summed E-state index contributed by atoms with van der Waals surface area (Å²) in [6.07, 6.45) is 4.49. The predicted octanol–water partition coefficient (Wildman–Crippen LogP) is 1.94. The fourth-order valence-electron chi connectivity index (χ4n) is 2.66. The van der Waals surface area contributed by atoms with Crippen LogP contribution >= 0.6 is 11.3 Å². The Bertz CT molecular complexity index is 651. The molecule has 1 saturated heterocycles. The third kappa shape index (κ3) is 2.00. The van der Waals surface area contributed by atoms with Crippen LogP contribution in [-0.2, 0) is 0 Å². The third-order valence-corrected chi connectivity index (χ3v) is 5.10. The molecule has 2 aromatic heterocycles. The first-order chi connectivity index (χ1) is 9.72. The van der Waals surface area contributed by atoms with Crippen LogP contribution in [0.4, 0.5) is 0 Å². The highest BCUT2D eigenvalue weighted by molar-refractivity contribution is 7.18. The van der Waals surface area contributed by atoms with Gasteiger partial charge in [0, 0.05) is 19.0 Å². The molecular weight excluding hydrogens is 274 g/mol. The van der Waals surface area contributed by atoms with E-state index >= 15 is 0 Å². The molecule has 6 nitrogen and oxygen atoms in total. The first kappa shape index (κ1) is 12.3. The highest BCUT2D eigenvalue weighted by atomic mass is 32.1. The lowest BCUT2D eigenvalue weighted by Crippen LogP contribution is -2.37. The van der Waals surface area contributed by atoms with E-state index in [0.29, 0.717) is 10.9 Å². The molecule has 0 spiro atoms. The van der Waals surface area contributed by atoms with Crippen LogP contribution in [0.25, 0.3) is 4.96 Å². The van der Waals surface area contributed by atoms with Gasteiger partial charge in [0.05, 0.1) is 0 Å². The Kier molecular flexibility index (Phi) is 2.76. The van der Waals surface area contributed by atoms with Gasteiger partial charge in [-0.25, -0.2) is 0 Å². The van der Waals surface area contributed by atoms with Crippen LogP contribution in [0, 0.1) is 5.92 Å². The number of likely N-dealkylation sites (tertiary alicyclic amines) is 1. The van der Waals surface area contributed by atoms with Crippen molar-refractivity contribution in [3.63, 3.8) is 0 Å². The summed E-state index contributed by atoms with van der Waals surface area (Å²) in [6, 6.07) is 0. The molecule has 4 rings (SSSR count). The molecule has 7 heteroatoms. The molecule has 1 amide bonds. The molecule has 0 unspecified atom stereocenters. The van der Waals surface area contributed by atoms with E-state index < -0.39 is 0 Å². The van der Waals surface area contributed by atoms with Crippen molar-refractivity contribution >= 4 is 22.2 Å². The first-order valence-electron chi connectivity index (χ1n) is 7.24. The molecule has 0 atom stereocenters. The largest absolute Gasteiger partial charge is 0.337 e. The van der Waals surface area contributed by atoms with Gasteiger partial charge in [-0.2, -0.15) is 4.52 Å². The van der Waals surface area contributed by atoms with Gasteiger partial charge in [0.1, 0.15) is 0 Å². The van der Waals surface area contributed by atoms with Crippen LogP contribution in [-0.4, -0.2) is 43.7 Å². The average Bonchev–Trinajstić information content (AvgIpc) is 3.08. The van der Waals surface area contributed by atoms with Gasteiger partial charge in [-0.15, -0.1) is 15.3 Å². The van der Waals surface area contributed by atoms with E-state index in [1.807, 2.05) is 4.90 Å². The van der Waals surface area contributed by atoms with Crippen molar-refractivity contribution in [2.24, 2.45) is 5.92 Å². The Morgan fingerprint density at radius 3 is 2.65 bits per heavy atom. The quantitative estimate of drug-likeness (QED) is 0.848. The molecule has 1 aliphatic heterocycles. The Balaban J connectivity index is 1.59. The SMILES string of the molecule is CC1CCN(C(=O)c2nn3c(C4CC4)nnc3s2)CC1. The van der Waals surface area contributed by atoms with Crippen LogP contribution in [0.15, 0.2) is 0 Å². The minimum atomic E-state index is 0.0501. The second kappa shape index (κ2) is 4.51. The summed E-state index contributed by atoms with van der Waals surface area (Å²) in [7, 11) is 0. The van der Waals surface area contributed by atoms with Crippen LogP contribution in [0.1, 0.15) is 54.2 Å². The highest BCUT2D eigenvalue weighted by Gasteiger charge is 2.31. The van der Waals surface area contributed by atoms with Gasteiger partial charge >= 0.3 is 0 Å². The maximum atomic E-state index is 12.5. The van der Waals surface area contributed by atoms with Gasteiger partial charge in [-0.1, -0.05) is 18.3 Å². The van der Waals surface area contributed by atoms with Crippen LogP contribution in [0.5, 0.6) is 0 Å². The number of fused-ring (bicyclic) bond motifs is 1. The van der Waals surface area contributed by atoms with Gasteiger partial charge < -0.3 is 4.90 Å². The summed E-state index contributed by atoms with van der Waals surface area (Å²) in [6.45, 7) is 3.93. The monoisotopic (exact) mass is 291 g/mol. The van der Waals surface area contributed by atoms with E-state index in [1.165, 1.54) is 11.3 Å². The van der Waals surface area contributed by atoms with Crippen molar-refractivity contribution in [3.8, 4) is 0 Å².